The summed E-state index contributed by atoms with van der Waals surface area (Å²) in [5.74, 6) is -0.0738. The molecule has 2 heterocycles. The highest BCUT2D eigenvalue weighted by molar-refractivity contribution is 5.94. The van der Waals surface area contributed by atoms with Crippen molar-refractivity contribution >= 4 is 22.8 Å². The van der Waals surface area contributed by atoms with E-state index in [9.17, 15) is 14.9 Å². The number of aliphatic carboxylic acids is 1. The molecule has 1 spiro atoms. The molecular formula is C31H36N4O4. The molecule has 39 heavy (non-hydrogen) atoms. The number of rotatable bonds is 8. The molecule has 8 heteroatoms. The first kappa shape index (κ1) is 26.8. The second-order valence-corrected chi connectivity index (χ2v) is 11.3. The van der Waals surface area contributed by atoms with Crippen molar-refractivity contribution in [2.45, 2.75) is 51.6 Å². The van der Waals surface area contributed by atoms with Gasteiger partial charge < -0.3 is 19.7 Å². The van der Waals surface area contributed by atoms with Gasteiger partial charge in [-0.2, -0.15) is 5.26 Å². The topological polar surface area (TPSA) is 110 Å². The van der Waals surface area contributed by atoms with Crippen LogP contribution in [0.3, 0.4) is 0 Å². The largest absolute Gasteiger partial charge is 0.496 e. The molecular weight excluding hydrogens is 492 g/mol. The van der Waals surface area contributed by atoms with Crippen LogP contribution in [0.25, 0.3) is 10.9 Å². The lowest BCUT2D eigenvalue weighted by Crippen LogP contribution is -2.48. The summed E-state index contributed by atoms with van der Waals surface area (Å²) in [5.41, 5.74) is 5.32. The number of benzene rings is 2. The van der Waals surface area contributed by atoms with Crippen LogP contribution in [-0.4, -0.2) is 59.0 Å². The minimum atomic E-state index is -0.923. The van der Waals surface area contributed by atoms with Gasteiger partial charge in [-0.1, -0.05) is 12.1 Å². The van der Waals surface area contributed by atoms with Crippen LogP contribution in [0.4, 0.5) is 0 Å². The summed E-state index contributed by atoms with van der Waals surface area (Å²) in [6.45, 7) is 3.91. The highest BCUT2D eigenvalue weighted by atomic mass is 16.5. The number of carbonyl (C=O) groups excluding carboxylic acids is 1. The van der Waals surface area contributed by atoms with Crippen LogP contribution in [0, 0.1) is 29.6 Å². The minimum absolute atomic E-state index is 0.0833. The Labute approximate surface area is 229 Å². The molecule has 3 aromatic rings. The molecule has 2 aliphatic rings. The van der Waals surface area contributed by atoms with Gasteiger partial charge >= 0.3 is 5.97 Å². The van der Waals surface area contributed by atoms with E-state index in [1.165, 1.54) is 10.3 Å². The number of piperidine rings is 1. The van der Waals surface area contributed by atoms with Crippen molar-refractivity contribution in [2.24, 2.45) is 11.3 Å². The number of hydrogen-bond donors (Lipinski definition) is 2. The number of amides is 1. The molecule has 1 saturated heterocycles. The summed E-state index contributed by atoms with van der Waals surface area (Å²) >= 11 is 0. The van der Waals surface area contributed by atoms with Crippen molar-refractivity contribution in [3.63, 3.8) is 0 Å². The third-order valence-corrected chi connectivity index (χ3v) is 8.78. The molecule has 1 aliphatic carbocycles. The van der Waals surface area contributed by atoms with Gasteiger partial charge in [0.05, 0.1) is 19.6 Å². The number of nitrogens with zero attached hydrogens (tertiary/aromatic N) is 3. The highest BCUT2D eigenvalue weighted by Gasteiger charge is 2.49. The Morgan fingerprint density at radius 1 is 1.23 bits per heavy atom. The number of aromatic amines is 1. The summed E-state index contributed by atoms with van der Waals surface area (Å²) in [7, 11) is 3.35. The Hall–Kier alpha value is -3.83. The highest BCUT2D eigenvalue weighted by Crippen LogP contribution is 2.56. The molecule has 204 valence electrons. The van der Waals surface area contributed by atoms with Gasteiger partial charge in [-0.05, 0) is 80.0 Å². The Balaban J connectivity index is 1.43. The summed E-state index contributed by atoms with van der Waals surface area (Å²) in [6.07, 6.45) is 5.84. The van der Waals surface area contributed by atoms with E-state index in [4.69, 9.17) is 9.84 Å². The zero-order valence-electron chi connectivity index (χ0n) is 22.9. The number of hydrogen-bond acceptors (Lipinski definition) is 5. The van der Waals surface area contributed by atoms with Crippen LogP contribution in [0.15, 0.2) is 42.6 Å². The first-order valence-corrected chi connectivity index (χ1v) is 13.6. The molecule has 1 amide bonds. The molecule has 1 saturated carbocycles. The summed E-state index contributed by atoms with van der Waals surface area (Å²) in [6, 6.07) is 14.6. The number of methoxy groups -OCH3 is 1. The van der Waals surface area contributed by atoms with Crippen molar-refractivity contribution in [3.05, 3.63) is 64.8 Å². The van der Waals surface area contributed by atoms with Crippen LogP contribution in [0.2, 0.25) is 0 Å². The number of carboxylic acid groups (broad SMARTS) is 1. The van der Waals surface area contributed by atoms with E-state index in [0.717, 1.165) is 66.7 Å². The second-order valence-electron chi connectivity index (χ2n) is 11.3. The first-order chi connectivity index (χ1) is 18.7. The van der Waals surface area contributed by atoms with E-state index in [1.54, 1.807) is 14.2 Å². The van der Waals surface area contributed by atoms with Gasteiger partial charge in [0.25, 0.3) is 5.91 Å². The predicted molar refractivity (Wildman–Crippen MR) is 148 cm³/mol. The van der Waals surface area contributed by atoms with Gasteiger partial charge in [0, 0.05) is 60.3 Å². The number of aryl methyl sites for hydroxylation is 1. The molecule has 8 nitrogen and oxygen atoms in total. The lowest BCUT2D eigenvalue weighted by atomic mass is 9.56. The Morgan fingerprint density at radius 3 is 2.64 bits per heavy atom. The fourth-order valence-corrected chi connectivity index (χ4v) is 6.56. The number of ether oxygens (including phenoxy) is 1. The van der Waals surface area contributed by atoms with Crippen LogP contribution >= 0.6 is 0 Å². The number of likely N-dealkylation sites (tertiary alicyclic amines) is 1. The van der Waals surface area contributed by atoms with Gasteiger partial charge in [0.1, 0.15) is 5.75 Å². The van der Waals surface area contributed by atoms with Crippen molar-refractivity contribution in [2.75, 3.05) is 27.2 Å². The predicted octanol–water partition coefficient (Wildman–Crippen LogP) is 5.29. The lowest BCUT2D eigenvalue weighted by Gasteiger charge is -2.53. The summed E-state index contributed by atoms with van der Waals surface area (Å²) < 4.78 is 5.83. The molecule has 1 atom stereocenters. The smallest absolute Gasteiger partial charge is 0.305 e. The fourth-order valence-electron chi connectivity index (χ4n) is 6.56. The van der Waals surface area contributed by atoms with Gasteiger partial charge in [-0.25, -0.2) is 0 Å². The van der Waals surface area contributed by atoms with E-state index in [0.29, 0.717) is 5.56 Å². The third kappa shape index (κ3) is 5.24. The quantitative estimate of drug-likeness (QED) is 0.411. The average molecular weight is 529 g/mol. The van der Waals surface area contributed by atoms with E-state index in [-0.39, 0.29) is 36.2 Å². The number of fused-ring (bicyclic) bond motifs is 1. The SMILES string of the molecule is COc1cc(C)c2[nH]ccc2c1CN1CCC2(CC(C#N)C2)CC1c1ccc(C(=O)N(C)CCC(=O)O)cc1. The van der Waals surface area contributed by atoms with Gasteiger partial charge in [0.2, 0.25) is 0 Å². The molecule has 2 N–H and O–H groups in total. The van der Waals surface area contributed by atoms with Crippen LogP contribution in [0.1, 0.15) is 65.2 Å². The monoisotopic (exact) mass is 528 g/mol. The molecule has 2 fully saturated rings. The average Bonchev–Trinajstić information content (AvgIpc) is 3.42. The number of aromatic nitrogens is 1. The Kier molecular flexibility index (Phi) is 7.37. The van der Waals surface area contributed by atoms with Crippen LogP contribution < -0.4 is 4.74 Å². The van der Waals surface area contributed by atoms with Gasteiger partial charge in [-0.3, -0.25) is 14.5 Å². The normalized spacial score (nSPS) is 22.8. The van der Waals surface area contributed by atoms with E-state index in [2.05, 4.69) is 35.0 Å². The van der Waals surface area contributed by atoms with E-state index >= 15 is 0 Å². The third-order valence-electron chi connectivity index (χ3n) is 8.78. The zero-order valence-corrected chi connectivity index (χ0v) is 22.9. The van der Waals surface area contributed by atoms with Crippen molar-refractivity contribution < 1.29 is 19.4 Å². The van der Waals surface area contributed by atoms with Crippen molar-refractivity contribution in [3.8, 4) is 11.8 Å². The van der Waals surface area contributed by atoms with E-state index in [1.807, 2.05) is 30.5 Å². The first-order valence-electron chi connectivity index (χ1n) is 13.6. The molecule has 5 rings (SSSR count). The Morgan fingerprint density at radius 2 is 1.97 bits per heavy atom. The number of H-pyrrole nitrogens is 1. The molecule has 1 aliphatic heterocycles. The zero-order chi connectivity index (χ0) is 27.7. The maximum absolute atomic E-state index is 12.9. The molecule has 1 unspecified atom stereocenters. The molecule has 2 aromatic carbocycles. The maximum atomic E-state index is 12.9. The standard InChI is InChI=1S/C31H36N4O4/c1-20-14-27(39-3)25(24-8-11-33-29(20)24)19-35-13-10-31(15-21(16-31)18-32)17-26(35)22-4-6-23(7-5-22)30(38)34(2)12-9-28(36)37/h4-8,11,14,21,26,33H,9-10,12-13,15-17,19H2,1-3H3,(H,36,37). The maximum Gasteiger partial charge on any atom is 0.305 e. The number of nitriles is 1. The fraction of sp³-hybridized carbons (Fsp3) is 0.452. The summed E-state index contributed by atoms with van der Waals surface area (Å²) in [5, 5.41) is 19.6. The number of carbonyl (C=O) groups is 2. The van der Waals surface area contributed by atoms with Crippen molar-refractivity contribution in [1.29, 1.82) is 5.26 Å². The minimum Gasteiger partial charge on any atom is -0.496 e. The summed E-state index contributed by atoms with van der Waals surface area (Å²) in [4.78, 5) is 31.1. The van der Waals surface area contributed by atoms with Gasteiger partial charge in [-0.15, -0.1) is 0 Å². The lowest BCUT2D eigenvalue weighted by molar-refractivity contribution is -0.137. The van der Waals surface area contributed by atoms with Gasteiger partial charge in [0.15, 0.2) is 0 Å². The van der Waals surface area contributed by atoms with Crippen LogP contribution in [0.5, 0.6) is 5.75 Å². The molecule has 0 bridgehead atoms. The second kappa shape index (κ2) is 10.7. The van der Waals surface area contributed by atoms with Crippen molar-refractivity contribution in [1.82, 2.24) is 14.8 Å². The van der Waals surface area contributed by atoms with E-state index < -0.39 is 5.97 Å². The molecule has 1 aromatic heterocycles. The number of nitrogens with one attached hydrogen (secondary N) is 1. The Bertz CT molecular complexity index is 1410. The number of carboxylic acids is 1. The molecule has 0 radical (unpaired) electrons. The van der Waals surface area contributed by atoms with Crippen LogP contribution in [-0.2, 0) is 11.3 Å².